The molecular formula is C18H30ClN3O2. The maximum Gasteiger partial charge on any atom is 0.253 e. The number of amides is 2. The summed E-state index contributed by atoms with van der Waals surface area (Å²) < 4.78 is 0. The summed E-state index contributed by atoms with van der Waals surface area (Å²) in [4.78, 5) is 26.0. The second-order valence-electron chi connectivity index (χ2n) is 6.74. The van der Waals surface area contributed by atoms with E-state index in [1.54, 1.807) is 17.0 Å². The highest BCUT2D eigenvalue weighted by Gasteiger charge is 2.27. The van der Waals surface area contributed by atoms with Gasteiger partial charge in [0.05, 0.1) is 6.04 Å². The van der Waals surface area contributed by atoms with Crippen LogP contribution in [0.2, 0.25) is 0 Å². The molecule has 0 radical (unpaired) electrons. The van der Waals surface area contributed by atoms with Crippen molar-refractivity contribution in [2.45, 2.75) is 47.2 Å². The molecule has 6 heteroatoms. The van der Waals surface area contributed by atoms with E-state index >= 15 is 0 Å². The second kappa shape index (κ2) is 9.64. The van der Waals surface area contributed by atoms with Gasteiger partial charge in [0.25, 0.3) is 5.91 Å². The van der Waals surface area contributed by atoms with Crippen LogP contribution in [0.15, 0.2) is 24.3 Å². The number of nitrogens with one attached hydrogen (secondary N) is 1. The third kappa shape index (κ3) is 6.13. The molecule has 0 heterocycles. The average molecular weight is 356 g/mol. The van der Waals surface area contributed by atoms with Crippen molar-refractivity contribution in [1.82, 2.24) is 10.2 Å². The highest BCUT2D eigenvalue weighted by Crippen LogP contribution is 2.17. The van der Waals surface area contributed by atoms with Gasteiger partial charge in [0.1, 0.15) is 0 Å². The Morgan fingerprint density at radius 2 is 1.62 bits per heavy atom. The molecular weight excluding hydrogens is 326 g/mol. The predicted molar refractivity (Wildman–Crippen MR) is 100 cm³/mol. The van der Waals surface area contributed by atoms with Gasteiger partial charge in [0.15, 0.2) is 0 Å². The van der Waals surface area contributed by atoms with Crippen LogP contribution >= 0.6 is 12.4 Å². The number of nitrogens with zero attached hydrogens (tertiary/aromatic N) is 1. The summed E-state index contributed by atoms with van der Waals surface area (Å²) in [5.41, 5.74) is 7.25. The lowest BCUT2D eigenvalue weighted by Gasteiger charge is -2.25. The van der Waals surface area contributed by atoms with Crippen molar-refractivity contribution in [3.63, 3.8) is 0 Å². The summed E-state index contributed by atoms with van der Waals surface area (Å²) in [6.07, 6.45) is 0. The van der Waals surface area contributed by atoms with Crippen LogP contribution in [0.25, 0.3) is 0 Å². The van der Waals surface area contributed by atoms with Crippen LogP contribution in [0, 0.1) is 5.41 Å². The fourth-order valence-electron chi connectivity index (χ4n) is 2.15. The van der Waals surface area contributed by atoms with Crippen LogP contribution in [0.4, 0.5) is 0 Å². The molecule has 5 nitrogen and oxygen atoms in total. The van der Waals surface area contributed by atoms with E-state index in [1.165, 1.54) is 0 Å². The lowest BCUT2D eigenvalue weighted by molar-refractivity contribution is -0.124. The lowest BCUT2D eigenvalue weighted by atomic mass is 9.87. The maximum absolute atomic E-state index is 12.2. The summed E-state index contributed by atoms with van der Waals surface area (Å²) in [5.74, 6) is -0.138. The summed E-state index contributed by atoms with van der Waals surface area (Å²) in [5, 5.41) is 2.84. The number of hydrogen-bond acceptors (Lipinski definition) is 3. The van der Waals surface area contributed by atoms with Crippen molar-refractivity contribution in [3.8, 4) is 0 Å². The number of halogens is 1. The molecule has 0 fully saturated rings. The molecule has 0 aliphatic carbocycles. The van der Waals surface area contributed by atoms with E-state index in [4.69, 9.17) is 5.73 Å². The Morgan fingerprint density at radius 1 is 1.12 bits per heavy atom. The highest BCUT2D eigenvalue weighted by atomic mass is 35.5. The number of benzene rings is 1. The molecule has 0 aromatic heterocycles. The zero-order valence-corrected chi connectivity index (χ0v) is 16.1. The van der Waals surface area contributed by atoms with Crippen LogP contribution in [-0.4, -0.2) is 35.8 Å². The molecule has 2 amide bonds. The molecule has 24 heavy (non-hydrogen) atoms. The number of carbonyl (C=O) groups excluding carboxylic acids is 2. The van der Waals surface area contributed by atoms with Crippen molar-refractivity contribution in [1.29, 1.82) is 0 Å². The van der Waals surface area contributed by atoms with E-state index < -0.39 is 6.04 Å². The maximum atomic E-state index is 12.2. The van der Waals surface area contributed by atoms with Crippen LogP contribution in [-0.2, 0) is 11.3 Å². The van der Waals surface area contributed by atoms with Gasteiger partial charge < -0.3 is 16.0 Å². The monoisotopic (exact) mass is 355 g/mol. The molecule has 0 saturated carbocycles. The predicted octanol–water partition coefficient (Wildman–Crippen LogP) is 2.58. The van der Waals surface area contributed by atoms with Gasteiger partial charge in [-0.05, 0) is 37.0 Å². The van der Waals surface area contributed by atoms with Gasteiger partial charge in [0.2, 0.25) is 5.91 Å². The van der Waals surface area contributed by atoms with Gasteiger partial charge in [-0.15, -0.1) is 12.4 Å². The van der Waals surface area contributed by atoms with E-state index in [9.17, 15) is 9.59 Å². The Balaban J connectivity index is 0.00000529. The van der Waals surface area contributed by atoms with E-state index in [2.05, 4.69) is 5.32 Å². The molecule has 1 atom stereocenters. The average Bonchev–Trinajstić information content (AvgIpc) is 2.52. The van der Waals surface area contributed by atoms with E-state index in [0.717, 1.165) is 5.56 Å². The zero-order chi connectivity index (χ0) is 17.6. The van der Waals surface area contributed by atoms with Crippen molar-refractivity contribution in [2.24, 2.45) is 11.1 Å². The van der Waals surface area contributed by atoms with Gasteiger partial charge in [-0.25, -0.2) is 0 Å². The van der Waals surface area contributed by atoms with E-state index in [1.807, 2.05) is 46.8 Å². The largest absolute Gasteiger partial charge is 0.351 e. The molecule has 0 aliphatic rings. The summed E-state index contributed by atoms with van der Waals surface area (Å²) >= 11 is 0. The van der Waals surface area contributed by atoms with Crippen molar-refractivity contribution < 1.29 is 9.59 Å². The van der Waals surface area contributed by atoms with Gasteiger partial charge in [-0.1, -0.05) is 32.9 Å². The van der Waals surface area contributed by atoms with E-state index in [-0.39, 0.29) is 29.6 Å². The first-order chi connectivity index (χ1) is 10.7. The third-order valence-electron chi connectivity index (χ3n) is 3.93. The molecule has 0 unspecified atom stereocenters. The molecule has 1 aromatic rings. The number of hydrogen-bond donors (Lipinski definition) is 2. The molecule has 0 bridgehead atoms. The smallest absolute Gasteiger partial charge is 0.253 e. The standard InChI is InChI=1S/C18H29N3O2.ClH/c1-6-21(7-2)17(23)14-10-8-13(9-11-14)12-20-16(22)15(19)18(3,4)5;/h8-11,15H,6-7,12,19H2,1-5H3,(H,20,22);1H/t15-;/m1./s1. The minimum absolute atomic E-state index is 0. The molecule has 0 saturated heterocycles. The Bertz CT molecular complexity index is 534. The molecule has 3 N–H and O–H groups in total. The number of rotatable bonds is 6. The van der Waals surface area contributed by atoms with Crippen molar-refractivity contribution >= 4 is 24.2 Å². The van der Waals surface area contributed by atoms with Crippen LogP contribution in [0.5, 0.6) is 0 Å². The topological polar surface area (TPSA) is 75.4 Å². The van der Waals surface area contributed by atoms with Gasteiger partial charge >= 0.3 is 0 Å². The highest BCUT2D eigenvalue weighted by molar-refractivity contribution is 5.94. The molecule has 1 rings (SSSR count). The van der Waals surface area contributed by atoms with Crippen LogP contribution in [0.1, 0.15) is 50.5 Å². The van der Waals surface area contributed by atoms with Crippen LogP contribution < -0.4 is 11.1 Å². The Morgan fingerprint density at radius 3 is 2.04 bits per heavy atom. The third-order valence-corrected chi connectivity index (χ3v) is 3.93. The minimum atomic E-state index is -0.550. The van der Waals surface area contributed by atoms with Crippen molar-refractivity contribution in [3.05, 3.63) is 35.4 Å². The van der Waals surface area contributed by atoms with Gasteiger partial charge in [-0.2, -0.15) is 0 Å². The Hall–Kier alpha value is -1.59. The van der Waals surface area contributed by atoms with Crippen molar-refractivity contribution in [2.75, 3.05) is 13.1 Å². The Labute approximate surface area is 151 Å². The molecule has 1 aromatic carbocycles. The fourth-order valence-corrected chi connectivity index (χ4v) is 2.15. The quantitative estimate of drug-likeness (QED) is 0.823. The number of nitrogens with two attached hydrogens (primary N) is 1. The number of carbonyl (C=O) groups is 2. The summed E-state index contributed by atoms with van der Waals surface area (Å²) in [7, 11) is 0. The fraction of sp³-hybridized carbons (Fsp3) is 0.556. The zero-order valence-electron chi connectivity index (χ0n) is 15.3. The normalized spacial score (nSPS) is 12.1. The SMILES string of the molecule is CCN(CC)C(=O)c1ccc(CNC(=O)[C@@H](N)C(C)(C)C)cc1.Cl. The molecule has 0 aliphatic heterocycles. The summed E-state index contributed by atoms with van der Waals surface area (Å²) in [6, 6.07) is 6.77. The first-order valence-electron chi connectivity index (χ1n) is 8.12. The molecule has 0 spiro atoms. The van der Waals surface area contributed by atoms with Crippen LogP contribution in [0.3, 0.4) is 0 Å². The lowest BCUT2D eigenvalue weighted by Crippen LogP contribution is -2.48. The van der Waals surface area contributed by atoms with Gasteiger partial charge in [0, 0.05) is 25.2 Å². The Kier molecular flexibility index (Phi) is 9.01. The first kappa shape index (κ1) is 22.4. The minimum Gasteiger partial charge on any atom is -0.351 e. The first-order valence-corrected chi connectivity index (χ1v) is 8.12. The summed E-state index contributed by atoms with van der Waals surface area (Å²) in [6.45, 7) is 11.5. The molecule has 136 valence electrons. The van der Waals surface area contributed by atoms with E-state index in [0.29, 0.717) is 25.2 Å². The van der Waals surface area contributed by atoms with Gasteiger partial charge in [-0.3, -0.25) is 9.59 Å². The second-order valence-corrected chi connectivity index (χ2v) is 6.74.